The van der Waals surface area contributed by atoms with Gasteiger partial charge in [-0.15, -0.1) is 22.9 Å². The summed E-state index contributed by atoms with van der Waals surface area (Å²) >= 11 is 7.33. The third-order valence-electron chi connectivity index (χ3n) is 2.59. The van der Waals surface area contributed by atoms with Crippen molar-refractivity contribution in [2.45, 2.75) is 25.8 Å². The van der Waals surface area contributed by atoms with Gasteiger partial charge in [-0.25, -0.2) is 4.39 Å². The van der Waals surface area contributed by atoms with Gasteiger partial charge in [0, 0.05) is 15.6 Å². The molecule has 0 unspecified atom stereocenters. The molecule has 1 nitrogen and oxygen atoms in total. The Balaban J connectivity index is 2.01. The van der Waals surface area contributed by atoms with Gasteiger partial charge in [0.2, 0.25) is 0 Å². The lowest BCUT2D eigenvalue weighted by atomic mass is 10.2. The SMILES string of the molecule is CCc1ccc(COc2ccc(CCl)cc2F)s1. The number of ether oxygens (including phenoxy) is 1. The number of halogens is 2. The van der Waals surface area contributed by atoms with Crippen LogP contribution in [-0.4, -0.2) is 0 Å². The van der Waals surface area contributed by atoms with E-state index in [9.17, 15) is 4.39 Å². The largest absolute Gasteiger partial charge is 0.485 e. The van der Waals surface area contributed by atoms with Crippen molar-refractivity contribution in [3.63, 3.8) is 0 Å². The minimum Gasteiger partial charge on any atom is -0.485 e. The highest BCUT2D eigenvalue weighted by atomic mass is 35.5. The molecule has 0 N–H and O–H groups in total. The fraction of sp³-hybridized carbons (Fsp3) is 0.286. The Bertz CT molecular complexity index is 524. The van der Waals surface area contributed by atoms with Gasteiger partial charge in [0.05, 0.1) is 0 Å². The molecule has 0 atom stereocenters. The second-order valence-corrected chi connectivity index (χ2v) is 5.43. The molecule has 0 fully saturated rings. The number of hydrogen-bond acceptors (Lipinski definition) is 2. The van der Waals surface area contributed by atoms with Crippen LogP contribution in [0.15, 0.2) is 30.3 Å². The predicted octanol–water partition coefficient (Wildman–Crippen LogP) is 4.77. The van der Waals surface area contributed by atoms with Crippen LogP contribution in [0.1, 0.15) is 22.2 Å². The molecule has 2 rings (SSSR count). The van der Waals surface area contributed by atoms with Gasteiger partial charge < -0.3 is 4.74 Å². The zero-order valence-electron chi connectivity index (χ0n) is 10.1. The first-order chi connectivity index (χ1) is 8.72. The minimum atomic E-state index is -0.361. The maximum absolute atomic E-state index is 13.6. The van der Waals surface area contributed by atoms with Crippen LogP contribution >= 0.6 is 22.9 Å². The Morgan fingerprint density at radius 2 is 2.00 bits per heavy atom. The number of hydrogen-bond donors (Lipinski definition) is 0. The van der Waals surface area contributed by atoms with Crippen LogP contribution in [0, 0.1) is 5.82 Å². The van der Waals surface area contributed by atoms with Crippen molar-refractivity contribution in [3.05, 3.63) is 51.5 Å². The van der Waals surface area contributed by atoms with Crippen LogP contribution in [0.2, 0.25) is 0 Å². The van der Waals surface area contributed by atoms with Crippen molar-refractivity contribution >= 4 is 22.9 Å². The molecule has 0 saturated carbocycles. The van der Waals surface area contributed by atoms with Crippen molar-refractivity contribution in [3.8, 4) is 5.75 Å². The van der Waals surface area contributed by atoms with Gasteiger partial charge in [0.25, 0.3) is 0 Å². The van der Waals surface area contributed by atoms with Gasteiger partial charge in [-0.3, -0.25) is 0 Å². The summed E-state index contributed by atoms with van der Waals surface area (Å²) in [6, 6.07) is 8.91. The molecule has 0 radical (unpaired) electrons. The predicted molar refractivity (Wildman–Crippen MR) is 74.0 cm³/mol. The molecule has 1 aromatic heterocycles. The van der Waals surface area contributed by atoms with E-state index in [2.05, 4.69) is 13.0 Å². The first-order valence-electron chi connectivity index (χ1n) is 5.77. The smallest absolute Gasteiger partial charge is 0.165 e. The summed E-state index contributed by atoms with van der Waals surface area (Å²) in [4.78, 5) is 2.42. The second kappa shape index (κ2) is 6.21. The molecule has 0 aliphatic rings. The molecule has 0 aliphatic heterocycles. The van der Waals surface area contributed by atoms with Gasteiger partial charge in [-0.1, -0.05) is 13.0 Å². The van der Waals surface area contributed by atoms with Crippen LogP contribution in [0.5, 0.6) is 5.75 Å². The lowest BCUT2D eigenvalue weighted by Crippen LogP contribution is -1.96. The first-order valence-corrected chi connectivity index (χ1v) is 7.12. The summed E-state index contributed by atoms with van der Waals surface area (Å²) < 4.78 is 19.1. The van der Waals surface area contributed by atoms with Crippen LogP contribution < -0.4 is 4.74 Å². The molecule has 0 bridgehead atoms. The Hall–Kier alpha value is -1.06. The lowest BCUT2D eigenvalue weighted by Gasteiger charge is -2.06. The summed E-state index contributed by atoms with van der Waals surface area (Å²) in [7, 11) is 0. The molecule has 18 heavy (non-hydrogen) atoms. The Labute approximate surface area is 115 Å². The van der Waals surface area contributed by atoms with E-state index in [1.165, 1.54) is 10.9 Å². The molecule has 0 saturated heterocycles. The maximum atomic E-state index is 13.6. The molecule has 1 aromatic carbocycles. The van der Waals surface area contributed by atoms with Gasteiger partial charge in [0.15, 0.2) is 11.6 Å². The van der Waals surface area contributed by atoms with E-state index < -0.39 is 0 Å². The van der Waals surface area contributed by atoms with Crippen LogP contribution in [-0.2, 0) is 18.9 Å². The third-order valence-corrected chi connectivity index (χ3v) is 4.10. The molecule has 1 heterocycles. The van der Waals surface area contributed by atoms with Crippen molar-refractivity contribution in [1.29, 1.82) is 0 Å². The summed E-state index contributed by atoms with van der Waals surface area (Å²) in [5.41, 5.74) is 0.755. The van der Waals surface area contributed by atoms with Crippen LogP contribution in [0.4, 0.5) is 4.39 Å². The molecule has 0 aliphatic carbocycles. The number of benzene rings is 1. The minimum absolute atomic E-state index is 0.273. The molecule has 4 heteroatoms. The van der Waals surface area contributed by atoms with Gasteiger partial charge >= 0.3 is 0 Å². The van der Waals surface area contributed by atoms with E-state index in [1.807, 2.05) is 6.07 Å². The topological polar surface area (TPSA) is 9.23 Å². The Kier molecular flexibility index (Phi) is 4.61. The van der Waals surface area contributed by atoms with Crippen LogP contribution in [0.25, 0.3) is 0 Å². The van der Waals surface area contributed by atoms with E-state index >= 15 is 0 Å². The molecule has 0 spiro atoms. The number of rotatable bonds is 5. The third kappa shape index (κ3) is 3.24. The van der Waals surface area contributed by atoms with E-state index in [-0.39, 0.29) is 11.6 Å². The number of alkyl halides is 1. The van der Waals surface area contributed by atoms with Crippen LogP contribution in [0.3, 0.4) is 0 Å². The molecular formula is C14H14ClFOS. The molecule has 0 amide bonds. The summed E-state index contributed by atoms with van der Waals surface area (Å²) in [5, 5.41) is 0. The standard InChI is InChI=1S/C14H14ClFOS/c1-2-11-4-5-12(18-11)9-17-14-6-3-10(8-15)7-13(14)16/h3-7H,2,8-9H2,1H3. The second-order valence-electron chi connectivity index (χ2n) is 3.91. The van der Waals surface area contributed by atoms with E-state index in [0.717, 1.165) is 16.9 Å². The summed E-state index contributed by atoms with van der Waals surface area (Å²) in [5.74, 6) is 0.220. The molecule has 2 aromatic rings. The lowest BCUT2D eigenvalue weighted by molar-refractivity contribution is 0.293. The highest BCUT2D eigenvalue weighted by Gasteiger charge is 2.06. The quantitative estimate of drug-likeness (QED) is 0.719. The van der Waals surface area contributed by atoms with E-state index in [4.69, 9.17) is 16.3 Å². The first kappa shape index (κ1) is 13.4. The van der Waals surface area contributed by atoms with Crippen molar-refractivity contribution in [2.75, 3.05) is 0 Å². The van der Waals surface area contributed by atoms with Gasteiger partial charge in [0.1, 0.15) is 6.61 Å². The zero-order valence-corrected chi connectivity index (χ0v) is 11.7. The molecule has 96 valence electrons. The van der Waals surface area contributed by atoms with Gasteiger partial charge in [-0.2, -0.15) is 0 Å². The fourth-order valence-electron chi connectivity index (χ4n) is 1.58. The summed E-state index contributed by atoms with van der Waals surface area (Å²) in [6.07, 6.45) is 1.02. The maximum Gasteiger partial charge on any atom is 0.165 e. The van der Waals surface area contributed by atoms with Gasteiger partial charge in [-0.05, 0) is 36.2 Å². The average Bonchev–Trinajstić information content (AvgIpc) is 2.85. The van der Waals surface area contributed by atoms with Crippen molar-refractivity contribution < 1.29 is 9.13 Å². The van der Waals surface area contributed by atoms with Crippen molar-refractivity contribution in [1.82, 2.24) is 0 Å². The Morgan fingerprint density at radius 1 is 1.22 bits per heavy atom. The normalized spacial score (nSPS) is 10.6. The monoisotopic (exact) mass is 284 g/mol. The highest BCUT2D eigenvalue weighted by molar-refractivity contribution is 7.11. The Morgan fingerprint density at radius 3 is 2.61 bits per heavy atom. The number of thiophene rings is 1. The van der Waals surface area contributed by atoms with Crippen molar-refractivity contribution in [2.24, 2.45) is 0 Å². The molecular weight excluding hydrogens is 271 g/mol. The zero-order chi connectivity index (χ0) is 13.0. The average molecular weight is 285 g/mol. The van der Waals surface area contributed by atoms with E-state index in [1.54, 1.807) is 23.5 Å². The summed E-state index contributed by atoms with van der Waals surface area (Å²) in [6.45, 7) is 2.52. The highest BCUT2D eigenvalue weighted by Crippen LogP contribution is 2.23. The number of aryl methyl sites for hydroxylation is 1. The van der Waals surface area contributed by atoms with E-state index in [0.29, 0.717) is 12.5 Å². The fourth-order valence-corrected chi connectivity index (χ4v) is 2.62.